The van der Waals surface area contributed by atoms with Crippen molar-refractivity contribution in [1.82, 2.24) is 29.7 Å². The molecule has 9 nitrogen and oxygen atoms in total. The second-order valence-electron chi connectivity index (χ2n) is 7.32. The second-order valence-corrected chi connectivity index (χ2v) is 7.32. The second kappa shape index (κ2) is 7.31. The fourth-order valence-corrected chi connectivity index (χ4v) is 4.29. The number of methoxy groups -OCH3 is 1. The van der Waals surface area contributed by atoms with E-state index in [2.05, 4.69) is 19.9 Å². The van der Waals surface area contributed by atoms with Crippen LogP contribution in [0.5, 0.6) is 0 Å². The molecule has 9 heteroatoms. The fraction of sp³-hybridized carbons (Fsp3) is 0.526. The fourth-order valence-electron chi connectivity index (χ4n) is 4.29. The highest BCUT2D eigenvalue weighted by atomic mass is 16.5. The van der Waals surface area contributed by atoms with Crippen molar-refractivity contribution in [1.29, 1.82) is 0 Å². The van der Waals surface area contributed by atoms with Gasteiger partial charge in [0.05, 0.1) is 29.5 Å². The molecule has 1 spiro atoms. The minimum atomic E-state index is -0.501. The van der Waals surface area contributed by atoms with Crippen molar-refractivity contribution in [2.24, 2.45) is 0 Å². The highest BCUT2D eigenvalue weighted by molar-refractivity contribution is 5.92. The lowest BCUT2D eigenvalue weighted by atomic mass is 9.78. The van der Waals surface area contributed by atoms with Crippen molar-refractivity contribution < 1.29 is 14.3 Å². The van der Waals surface area contributed by atoms with Crippen LogP contribution < -0.4 is 0 Å². The Hall–Kier alpha value is -2.81. The van der Waals surface area contributed by atoms with Gasteiger partial charge in [-0.05, 0) is 19.8 Å². The van der Waals surface area contributed by atoms with Gasteiger partial charge in [-0.25, -0.2) is 9.97 Å². The van der Waals surface area contributed by atoms with Crippen molar-refractivity contribution in [3.8, 4) is 0 Å². The Morgan fingerprint density at radius 3 is 2.64 bits per heavy atom. The summed E-state index contributed by atoms with van der Waals surface area (Å²) in [6.07, 6.45) is 6.81. The monoisotopic (exact) mass is 384 g/mol. The molecule has 2 aliphatic rings. The summed E-state index contributed by atoms with van der Waals surface area (Å²) >= 11 is 0. The molecule has 4 heterocycles. The van der Waals surface area contributed by atoms with E-state index in [-0.39, 0.29) is 18.4 Å². The van der Waals surface area contributed by atoms with Gasteiger partial charge in [-0.15, -0.1) is 0 Å². The zero-order chi connectivity index (χ0) is 19.7. The van der Waals surface area contributed by atoms with Gasteiger partial charge in [0.15, 0.2) is 0 Å². The van der Waals surface area contributed by atoms with E-state index in [4.69, 9.17) is 4.74 Å². The molecular formula is C19H24N6O3. The number of carbonyl (C=O) groups excluding carboxylic acids is 2. The summed E-state index contributed by atoms with van der Waals surface area (Å²) in [5, 5.41) is 0. The number of nitrogens with zero attached hydrogens (tertiary/aromatic N) is 5. The average molecular weight is 384 g/mol. The normalized spacial score (nSPS) is 18.2. The third-order valence-electron chi connectivity index (χ3n) is 5.71. The third-order valence-corrected chi connectivity index (χ3v) is 5.71. The topological polar surface area (TPSA) is 104 Å². The molecule has 2 aromatic heterocycles. The molecule has 2 aliphatic heterocycles. The molecule has 0 saturated carbocycles. The number of amides is 2. The molecule has 0 radical (unpaired) electrons. The zero-order valence-electron chi connectivity index (χ0n) is 16.1. The number of hydrogen-bond acceptors (Lipinski definition) is 6. The van der Waals surface area contributed by atoms with Gasteiger partial charge < -0.3 is 19.5 Å². The maximum Gasteiger partial charge on any atom is 0.274 e. The molecule has 0 bridgehead atoms. The largest absolute Gasteiger partial charge is 0.375 e. The number of aromatic amines is 1. The number of piperidine rings is 1. The van der Waals surface area contributed by atoms with Gasteiger partial charge in [0.2, 0.25) is 5.91 Å². The zero-order valence-corrected chi connectivity index (χ0v) is 16.1. The van der Waals surface area contributed by atoms with Gasteiger partial charge in [0.1, 0.15) is 12.3 Å². The smallest absolute Gasteiger partial charge is 0.274 e. The molecule has 148 valence electrons. The maximum atomic E-state index is 12.8. The Balaban J connectivity index is 1.57. The maximum absolute atomic E-state index is 12.8. The van der Waals surface area contributed by atoms with Crippen LogP contribution in [0.2, 0.25) is 0 Å². The van der Waals surface area contributed by atoms with E-state index >= 15 is 0 Å². The standard InChI is InChI=1S/C19H24N6O3/c1-13-9-21-15(10-20-13)18(27)24-7-4-19(5-8-24)17-14(22-12-23-17)3-6-25(19)16(26)11-28-2/h9-10,12H,3-8,11H2,1-2H3,(H,22,23). The minimum absolute atomic E-state index is 0.0414. The molecule has 4 rings (SSSR count). The first-order chi connectivity index (χ1) is 13.5. The SMILES string of the molecule is COCC(=O)N1CCc2[nH]cnc2C12CCN(C(=O)c1cnc(C)cn1)CC2. The highest BCUT2D eigenvalue weighted by Crippen LogP contribution is 2.42. The number of nitrogens with one attached hydrogen (secondary N) is 1. The van der Waals surface area contributed by atoms with Crippen molar-refractivity contribution in [3.63, 3.8) is 0 Å². The lowest BCUT2D eigenvalue weighted by molar-refractivity contribution is -0.145. The third kappa shape index (κ3) is 3.05. The molecule has 2 amide bonds. The van der Waals surface area contributed by atoms with Gasteiger partial charge in [0.25, 0.3) is 5.91 Å². The van der Waals surface area contributed by atoms with Gasteiger partial charge >= 0.3 is 0 Å². The highest BCUT2D eigenvalue weighted by Gasteiger charge is 2.49. The summed E-state index contributed by atoms with van der Waals surface area (Å²) in [7, 11) is 1.53. The molecule has 0 aromatic carbocycles. The molecule has 0 atom stereocenters. The molecule has 1 saturated heterocycles. The predicted octanol–water partition coefficient (Wildman–Crippen LogP) is 0.671. The van der Waals surface area contributed by atoms with Crippen LogP contribution >= 0.6 is 0 Å². The lowest BCUT2D eigenvalue weighted by Crippen LogP contribution is -2.59. The molecule has 1 fully saturated rings. The van der Waals surface area contributed by atoms with Gasteiger partial charge in [0, 0.05) is 45.1 Å². The Morgan fingerprint density at radius 2 is 1.96 bits per heavy atom. The summed E-state index contributed by atoms with van der Waals surface area (Å²) in [4.78, 5) is 45.3. The van der Waals surface area contributed by atoms with Crippen molar-refractivity contribution in [2.45, 2.75) is 31.7 Å². The van der Waals surface area contributed by atoms with Crippen LogP contribution in [0.4, 0.5) is 0 Å². The lowest BCUT2D eigenvalue weighted by Gasteiger charge is -2.50. The molecule has 28 heavy (non-hydrogen) atoms. The van der Waals surface area contributed by atoms with Crippen molar-refractivity contribution in [2.75, 3.05) is 33.4 Å². The number of carbonyl (C=O) groups is 2. The summed E-state index contributed by atoms with van der Waals surface area (Å²) in [5.74, 6) is -0.171. The number of likely N-dealkylation sites (tertiary alicyclic amines) is 1. The van der Waals surface area contributed by atoms with Crippen molar-refractivity contribution >= 4 is 11.8 Å². The van der Waals surface area contributed by atoms with Crippen LogP contribution in [-0.4, -0.2) is 74.9 Å². The van der Waals surface area contributed by atoms with Crippen LogP contribution in [0.15, 0.2) is 18.7 Å². The Labute approximate surface area is 163 Å². The number of imidazole rings is 1. The van der Waals surface area contributed by atoms with Gasteiger partial charge in [-0.3, -0.25) is 14.6 Å². The van der Waals surface area contributed by atoms with E-state index < -0.39 is 5.54 Å². The van der Waals surface area contributed by atoms with Crippen LogP contribution in [-0.2, 0) is 21.5 Å². The summed E-state index contributed by atoms with van der Waals surface area (Å²) in [5.41, 5.74) is 2.61. The first kappa shape index (κ1) is 18.5. The van der Waals surface area contributed by atoms with Crippen LogP contribution in [0.1, 0.15) is 40.4 Å². The molecule has 0 unspecified atom stereocenters. The number of ether oxygens (including phenoxy) is 1. The number of aryl methyl sites for hydroxylation is 1. The Kier molecular flexibility index (Phi) is 4.84. The molecular weight excluding hydrogens is 360 g/mol. The number of rotatable bonds is 3. The number of aromatic nitrogens is 4. The predicted molar refractivity (Wildman–Crippen MR) is 99.5 cm³/mol. The quantitative estimate of drug-likeness (QED) is 0.834. The molecule has 2 aromatic rings. The van der Waals surface area contributed by atoms with E-state index in [0.29, 0.717) is 38.2 Å². The van der Waals surface area contributed by atoms with E-state index in [1.807, 2.05) is 11.8 Å². The Bertz CT molecular complexity index is 870. The first-order valence-electron chi connectivity index (χ1n) is 9.45. The average Bonchev–Trinajstić information content (AvgIpc) is 3.19. The van der Waals surface area contributed by atoms with Crippen LogP contribution in [0.3, 0.4) is 0 Å². The van der Waals surface area contributed by atoms with E-state index in [0.717, 1.165) is 23.5 Å². The number of hydrogen-bond donors (Lipinski definition) is 1. The summed E-state index contributed by atoms with van der Waals surface area (Å²) in [6, 6.07) is 0. The Morgan fingerprint density at radius 1 is 1.18 bits per heavy atom. The van der Waals surface area contributed by atoms with Crippen molar-refractivity contribution in [3.05, 3.63) is 41.5 Å². The first-order valence-corrected chi connectivity index (χ1v) is 9.45. The van der Waals surface area contributed by atoms with Gasteiger partial charge in [-0.1, -0.05) is 0 Å². The molecule has 1 N–H and O–H groups in total. The van der Waals surface area contributed by atoms with E-state index in [1.165, 1.54) is 13.3 Å². The number of H-pyrrole nitrogens is 1. The van der Waals surface area contributed by atoms with E-state index in [9.17, 15) is 9.59 Å². The number of fused-ring (bicyclic) bond motifs is 2. The summed E-state index contributed by atoms with van der Waals surface area (Å²) in [6.45, 7) is 3.55. The molecule has 0 aliphatic carbocycles. The van der Waals surface area contributed by atoms with Crippen LogP contribution in [0, 0.1) is 6.92 Å². The van der Waals surface area contributed by atoms with E-state index in [1.54, 1.807) is 17.4 Å². The summed E-state index contributed by atoms with van der Waals surface area (Å²) < 4.78 is 5.09. The van der Waals surface area contributed by atoms with Crippen LogP contribution in [0.25, 0.3) is 0 Å². The minimum Gasteiger partial charge on any atom is -0.375 e. The van der Waals surface area contributed by atoms with Gasteiger partial charge in [-0.2, -0.15) is 0 Å².